The van der Waals surface area contributed by atoms with Crippen molar-refractivity contribution in [1.82, 2.24) is 9.97 Å². The molecule has 2 heterocycles. The van der Waals surface area contributed by atoms with Crippen LogP contribution in [0.2, 0.25) is 0 Å². The van der Waals surface area contributed by atoms with Crippen LogP contribution in [0, 0.1) is 12.3 Å². The molecule has 0 radical (unpaired) electrons. The van der Waals surface area contributed by atoms with E-state index in [1.165, 1.54) is 0 Å². The van der Waals surface area contributed by atoms with Crippen LogP contribution >= 0.6 is 0 Å². The molecule has 0 saturated carbocycles. The van der Waals surface area contributed by atoms with Gasteiger partial charge in [-0.1, -0.05) is 19.9 Å². The number of hydrogen-bond acceptors (Lipinski definition) is 3. The Morgan fingerprint density at radius 3 is 2.62 bits per heavy atom. The number of aromatic nitrogens is 2. The fourth-order valence-corrected chi connectivity index (χ4v) is 1.28. The van der Waals surface area contributed by atoms with Gasteiger partial charge in [-0.15, -0.1) is 0 Å². The molecule has 16 heavy (non-hydrogen) atoms. The number of hydrogen-bond donors (Lipinski definition) is 2. The van der Waals surface area contributed by atoms with E-state index in [0.717, 1.165) is 16.6 Å². The topological polar surface area (TPSA) is 75.7 Å². The number of amidine groups is 1. The molecular formula is C12H16N4. The van der Waals surface area contributed by atoms with Crippen molar-refractivity contribution in [2.24, 2.45) is 5.73 Å². The number of aryl methyl sites for hydroxylation is 1. The van der Waals surface area contributed by atoms with Crippen LogP contribution in [0.3, 0.4) is 0 Å². The van der Waals surface area contributed by atoms with E-state index in [2.05, 4.69) is 9.97 Å². The Labute approximate surface area is 95.0 Å². The number of fused-ring (bicyclic) bond motifs is 1. The van der Waals surface area contributed by atoms with Crippen molar-refractivity contribution in [2.75, 3.05) is 0 Å². The summed E-state index contributed by atoms with van der Waals surface area (Å²) in [5.41, 5.74) is 7.61. The van der Waals surface area contributed by atoms with Gasteiger partial charge in [-0.2, -0.15) is 0 Å². The highest BCUT2D eigenvalue weighted by molar-refractivity contribution is 5.96. The number of nitrogens with one attached hydrogen (secondary N) is 1. The highest BCUT2D eigenvalue weighted by atomic mass is 14.8. The van der Waals surface area contributed by atoms with Crippen molar-refractivity contribution >= 4 is 16.7 Å². The minimum absolute atomic E-state index is 0.0209. The Morgan fingerprint density at radius 1 is 1.31 bits per heavy atom. The van der Waals surface area contributed by atoms with Gasteiger partial charge < -0.3 is 5.73 Å². The molecule has 0 amide bonds. The van der Waals surface area contributed by atoms with Crippen molar-refractivity contribution in [3.63, 3.8) is 0 Å². The van der Waals surface area contributed by atoms with Gasteiger partial charge in [0.05, 0.1) is 11.7 Å². The van der Waals surface area contributed by atoms with Gasteiger partial charge in [-0.3, -0.25) is 15.4 Å². The summed E-state index contributed by atoms with van der Waals surface area (Å²) in [5.74, 6) is -0.0209. The molecular weight excluding hydrogens is 200 g/mol. The van der Waals surface area contributed by atoms with Crippen LogP contribution in [0.15, 0.2) is 24.4 Å². The monoisotopic (exact) mass is 216 g/mol. The first-order valence-electron chi connectivity index (χ1n) is 5.24. The van der Waals surface area contributed by atoms with Crippen LogP contribution in [0.25, 0.3) is 10.9 Å². The number of nitrogen functional groups attached to an aromatic ring is 1. The Morgan fingerprint density at radius 2 is 2.00 bits per heavy atom. The molecule has 0 fully saturated rings. The van der Waals surface area contributed by atoms with E-state index in [1.54, 1.807) is 12.3 Å². The fraction of sp³-hybridized carbons (Fsp3) is 0.250. The van der Waals surface area contributed by atoms with Crippen molar-refractivity contribution < 1.29 is 0 Å². The van der Waals surface area contributed by atoms with Gasteiger partial charge in [0.1, 0.15) is 11.5 Å². The minimum Gasteiger partial charge on any atom is -0.382 e. The third-order valence-corrected chi connectivity index (χ3v) is 1.99. The molecule has 3 N–H and O–H groups in total. The smallest absolute Gasteiger partial charge is 0.141 e. The summed E-state index contributed by atoms with van der Waals surface area (Å²) >= 11 is 0. The summed E-state index contributed by atoms with van der Waals surface area (Å²) in [6, 6.07) is 5.64. The van der Waals surface area contributed by atoms with Gasteiger partial charge in [-0.25, -0.2) is 0 Å². The normalized spacial score (nSPS) is 9.44. The lowest BCUT2D eigenvalue weighted by molar-refractivity contribution is 1.21. The highest BCUT2D eigenvalue weighted by Gasteiger charge is 2.01. The fourth-order valence-electron chi connectivity index (χ4n) is 1.28. The van der Waals surface area contributed by atoms with Gasteiger partial charge in [0.25, 0.3) is 0 Å². The average Bonchev–Trinajstić information content (AvgIpc) is 2.30. The Kier molecular flexibility index (Phi) is 3.94. The Hall–Kier alpha value is -1.97. The predicted molar refractivity (Wildman–Crippen MR) is 66.6 cm³/mol. The Balaban J connectivity index is 0.000000606. The first-order valence-corrected chi connectivity index (χ1v) is 5.24. The molecule has 0 aliphatic carbocycles. The van der Waals surface area contributed by atoms with Crippen LogP contribution < -0.4 is 5.73 Å². The maximum absolute atomic E-state index is 7.25. The molecule has 0 atom stereocenters. The number of nitrogens with two attached hydrogens (primary N) is 1. The molecule has 0 saturated heterocycles. The van der Waals surface area contributed by atoms with E-state index >= 15 is 0 Å². The van der Waals surface area contributed by atoms with E-state index in [0.29, 0.717) is 5.69 Å². The lowest BCUT2D eigenvalue weighted by Gasteiger charge is -2.00. The van der Waals surface area contributed by atoms with Crippen LogP contribution in [0.1, 0.15) is 25.2 Å². The lowest BCUT2D eigenvalue weighted by atomic mass is 10.2. The summed E-state index contributed by atoms with van der Waals surface area (Å²) in [7, 11) is 0. The van der Waals surface area contributed by atoms with Crippen LogP contribution in [-0.4, -0.2) is 15.8 Å². The van der Waals surface area contributed by atoms with E-state index in [-0.39, 0.29) is 5.84 Å². The molecule has 84 valence electrons. The third kappa shape index (κ3) is 2.53. The molecule has 2 rings (SSSR count). The van der Waals surface area contributed by atoms with Crippen molar-refractivity contribution in [3.8, 4) is 0 Å². The van der Waals surface area contributed by atoms with Gasteiger partial charge in [0.15, 0.2) is 0 Å². The summed E-state index contributed by atoms with van der Waals surface area (Å²) < 4.78 is 0. The zero-order chi connectivity index (χ0) is 12.1. The van der Waals surface area contributed by atoms with Gasteiger partial charge in [0, 0.05) is 11.1 Å². The summed E-state index contributed by atoms with van der Waals surface area (Å²) in [6.07, 6.45) is 1.64. The number of rotatable bonds is 1. The van der Waals surface area contributed by atoms with Gasteiger partial charge >= 0.3 is 0 Å². The summed E-state index contributed by atoms with van der Waals surface area (Å²) in [5, 5.41) is 8.20. The molecule has 4 nitrogen and oxygen atoms in total. The standard InChI is InChI=1S/C10H10N4.C2H6/c1-6-2-3-7-4-8(10(11)12)13-5-9(7)14-6;1-2/h2-5H,1H3,(H3,11,12);1-2H3. The molecule has 0 spiro atoms. The molecule has 0 aromatic carbocycles. The van der Waals surface area contributed by atoms with E-state index in [4.69, 9.17) is 11.1 Å². The Bertz CT molecular complexity index is 505. The molecule has 4 heteroatoms. The van der Waals surface area contributed by atoms with E-state index < -0.39 is 0 Å². The van der Waals surface area contributed by atoms with Crippen LogP contribution in [0.4, 0.5) is 0 Å². The first kappa shape index (κ1) is 12.1. The van der Waals surface area contributed by atoms with Gasteiger partial charge in [0.2, 0.25) is 0 Å². The number of pyridine rings is 2. The zero-order valence-electron chi connectivity index (χ0n) is 9.78. The maximum Gasteiger partial charge on any atom is 0.141 e. The SMILES string of the molecule is CC.Cc1ccc2cc(C(=N)N)ncc2n1. The highest BCUT2D eigenvalue weighted by Crippen LogP contribution is 2.11. The summed E-state index contributed by atoms with van der Waals surface area (Å²) in [4.78, 5) is 8.34. The maximum atomic E-state index is 7.25. The second kappa shape index (κ2) is 5.21. The zero-order valence-corrected chi connectivity index (χ0v) is 9.78. The first-order chi connectivity index (χ1) is 7.66. The molecule has 2 aromatic heterocycles. The third-order valence-electron chi connectivity index (χ3n) is 1.99. The van der Waals surface area contributed by atoms with Crippen molar-refractivity contribution in [2.45, 2.75) is 20.8 Å². The molecule has 0 bridgehead atoms. The lowest BCUT2D eigenvalue weighted by Crippen LogP contribution is -2.12. The van der Waals surface area contributed by atoms with Crippen molar-refractivity contribution in [3.05, 3.63) is 35.8 Å². The van der Waals surface area contributed by atoms with E-state index in [1.807, 2.05) is 32.9 Å². The van der Waals surface area contributed by atoms with Crippen molar-refractivity contribution in [1.29, 1.82) is 5.41 Å². The minimum atomic E-state index is -0.0209. The molecule has 0 aliphatic heterocycles. The quantitative estimate of drug-likeness (QED) is 0.567. The van der Waals surface area contributed by atoms with E-state index in [9.17, 15) is 0 Å². The van der Waals surface area contributed by atoms with Gasteiger partial charge in [-0.05, 0) is 19.1 Å². The average molecular weight is 216 g/mol. The molecule has 0 aliphatic rings. The number of nitrogens with zero attached hydrogens (tertiary/aromatic N) is 2. The predicted octanol–water partition coefficient (Wildman–Crippen LogP) is 2.25. The van der Waals surface area contributed by atoms with Crippen LogP contribution in [0.5, 0.6) is 0 Å². The molecule has 2 aromatic rings. The largest absolute Gasteiger partial charge is 0.382 e. The second-order valence-electron chi connectivity index (χ2n) is 3.13. The molecule has 0 unspecified atom stereocenters. The second-order valence-corrected chi connectivity index (χ2v) is 3.13. The summed E-state index contributed by atoms with van der Waals surface area (Å²) in [6.45, 7) is 5.93. The van der Waals surface area contributed by atoms with Crippen LogP contribution in [-0.2, 0) is 0 Å².